The summed E-state index contributed by atoms with van der Waals surface area (Å²) < 4.78 is 0. The number of carboxylic acids is 1. The minimum Gasteiger partial charge on any atom is -0.478 e. The molecule has 1 aromatic carbocycles. The molecule has 0 saturated carbocycles. The second kappa shape index (κ2) is 3.51. The number of hydrogen-bond acceptors (Lipinski definition) is 1. The molecule has 3 heteroatoms. The van der Waals surface area contributed by atoms with Crippen LogP contribution in [0.3, 0.4) is 0 Å². The van der Waals surface area contributed by atoms with E-state index in [1.165, 1.54) is 6.07 Å². The molecule has 0 fully saturated rings. The molecule has 0 aliphatic carbocycles. The highest BCUT2D eigenvalue weighted by Gasteiger charge is 2.10. The number of terminal acetylenes is 1. The lowest BCUT2D eigenvalue weighted by Gasteiger charge is -2.03. The van der Waals surface area contributed by atoms with E-state index in [9.17, 15) is 4.79 Å². The Labute approximate surface area is 81.1 Å². The van der Waals surface area contributed by atoms with Crippen LogP contribution in [0.2, 0.25) is 5.02 Å². The Morgan fingerprint density at radius 1 is 1.62 bits per heavy atom. The van der Waals surface area contributed by atoms with Crippen molar-refractivity contribution < 1.29 is 9.90 Å². The van der Waals surface area contributed by atoms with Gasteiger partial charge < -0.3 is 5.11 Å². The largest absolute Gasteiger partial charge is 0.478 e. The Hall–Kier alpha value is -1.46. The summed E-state index contributed by atoms with van der Waals surface area (Å²) in [7, 11) is 0. The second-order valence-electron chi connectivity index (χ2n) is 2.58. The van der Waals surface area contributed by atoms with Crippen LogP contribution in [0.25, 0.3) is 0 Å². The predicted molar refractivity (Wildman–Crippen MR) is 51.1 cm³/mol. The van der Waals surface area contributed by atoms with Crippen LogP contribution in [0.1, 0.15) is 21.5 Å². The number of halogens is 1. The lowest BCUT2D eigenvalue weighted by molar-refractivity contribution is 0.0696. The van der Waals surface area contributed by atoms with Crippen LogP contribution in [-0.2, 0) is 0 Å². The van der Waals surface area contributed by atoms with Crippen molar-refractivity contribution in [1.29, 1.82) is 0 Å². The van der Waals surface area contributed by atoms with Crippen molar-refractivity contribution in [3.8, 4) is 12.3 Å². The molecule has 0 unspecified atom stereocenters. The molecule has 0 aliphatic heterocycles. The monoisotopic (exact) mass is 194 g/mol. The van der Waals surface area contributed by atoms with Crippen LogP contribution >= 0.6 is 11.6 Å². The zero-order chi connectivity index (χ0) is 10.0. The molecule has 1 rings (SSSR count). The lowest BCUT2D eigenvalue weighted by atomic mass is 10.1. The van der Waals surface area contributed by atoms with Crippen molar-refractivity contribution in [1.82, 2.24) is 0 Å². The standard InChI is InChI=1S/C10H7ClO2/c1-3-7-4-8(10(12)13)6(2)9(11)5-7/h1,4-5H,2H3,(H,12,13). The maximum Gasteiger partial charge on any atom is 0.336 e. The Balaban J connectivity index is 3.44. The fourth-order valence-electron chi connectivity index (χ4n) is 0.984. The molecule has 1 N–H and O–H groups in total. The smallest absolute Gasteiger partial charge is 0.336 e. The zero-order valence-corrected chi connectivity index (χ0v) is 7.72. The van der Waals surface area contributed by atoms with E-state index in [2.05, 4.69) is 5.92 Å². The first-order valence-electron chi connectivity index (χ1n) is 3.56. The summed E-state index contributed by atoms with van der Waals surface area (Å²) in [5, 5.41) is 9.17. The van der Waals surface area contributed by atoms with Gasteiger partial charge in [-0.3, -0.25) is 0 Å². The van der Waals surface area contributed by atoms with E-state index in [0.717, 1.165) is 0 Å². The Morgan fingerprint density at radius 2 is 2.23 bits per heavy atom. The van der Waals surface area contributed by atoms with E-state index in [0.29, 0.717) is 16.1 Å². The third-order valence-electron chi connectivity index (χ3n) is 1.74. The van der Waals surface area contributed by atoms with Crippen LogP contribution in [0.15, 0.2) is 12.1 Å². The van der Waals surface area contributed by atoms with Gasteiger partial charge >= 0.3 is 5.97 Å². The summed E-state index contributed by atoms with van der Waals surface area (Å²) in [6.07, 6.45) is 5.14. The average Bonchev–Trinajstić information content (AvgIpc) is 2.09. The van der Waals surface area contributed by atoms with E-state index in [1.54, 1.807) is 13.0 Å². The number of hydrogen-bond donors (Lipinski definition) is 1. The number of aromatic carboxylic acids is 1. The van der Waals surface area contributed by atoms with Gasteiger partial charge in [0.1, 0.15) is 0 Å². The highest BCUT2D eigenvalue weighted by molar-refractivity contribution is 6.31. The second-order valence-corrected chi connectivity index (χ2v) is 2.99. The molecule has 0 aliphatic rings. The summed E-state index contributed by atoms with van der Waals surface area (Å²) in [6, 6.07) is 3.01. The van der Waals surface area contributed by atoms with Crippen molar-refractivity contribution in [2.75, 3.05) is 0 Å². The fourth-order valence-corrected chi connectivity index (χ4v) is 1.20. The van der Waals surface area contributed by atoms with Gasteiger partial charge in [0.2, 0.25) is 0 Å². The minimum atomic E-state index is -1.02. The normalized spacial score (nSPS) is 9.31. The van der Waals surface area contributed by atoms with Gasteiger partial charge in [-0.25, -0.2) is 4.79 Å². The summed E-state index contributed by atoms with van der Waals surface area (Å²) in [5.41, 5.74) is 1.17. The molecule has 0 bridgehead atoms. The fraction of sp³-hybridized carbons (Fsp3) is 0.100. The van der Waals surface area contributed by atoms with Gasteiger partial charge in [-0.1, -0.05) is 17.5 Å². The molecule has 0 atom stereocenters. The molecule has 2 nitrogen and oxygen atoms in total. The molecular weight excluding hydrogens is 188 g/mol. The number of carboxylic acid groups (broad SMARTS) is 1. The van der Waals surface area contributed by atoms with E-state index in [-0.39, 0.29) is 5.56 Å². The van der Waals surface area contributed by atoms with Crippen molar-refractivity contribution >= 4 is 17.6 Å². The molecule has 0 radical (unpaired) electrons. The van der Waals surface area contributed by atoms with Crippen LogP contribution in [0.5, 0.6) is 0 Å². The zero-order valence-electron chi connectivity index (χ0n) is 6.97. The Kier molecular flexibility index (Phi) is 2.60. The van der Waals surface area contributed by atoms with Crippen LogP contribution in [0.4, 0.5) is 0 Å². The first-order chi connectivity index (χ1) is 6.06. The van der Waals surface area contributed by atoms with Gasteiger partial charge in [-0.05, 0) is 24.6 Å². The van der Waals surface area contributed by atoms with E-state index in [4.69, 9.17) is 23.1 Å². The third kappa shape index (κ3) is 1.82. The average molecular weight is 195 g/mol. The lowest BCUT2D eigenvalue weighted by Crippen LogP contribution is -2.00. The molecule has 66 valence electrons. The Bertz CT molecular complexity index is 402. The van der Waals surface area contributed by atoms with Crippen molar-refractivity contribution in [3.63, 3.8) is 0 Å². The van der Waals surface area contributed by atoms with Crippen LogP contribution in [-0.4, -0.2) is 11.1 Å². The molecule has 0 heterocycles. The molecule has 0 amide bonds. The van der Waals surface area contributed by atoms with Gasteiger partial charge in [0.15, 0.2) is 0 Å². The SMILES string of the molecule is C#Cc1cc(Cl)c(C)c(C(=O)O)c1. The molecule has 1 aromatic rings. The van der Waals surface area contributed by atoms with Gasteiger partial charge in [-0.2, -0.15) is 0 Å². The summed E-state index contributed by atoms with van der Waals surface area (Å²) in [5.74, 6) is 1.33. The number of carbonyl (C=O) groups is 1. The number of benzene rings is 1. The van der Waals surface area contributed by atoms with Crippen molar-refractivity contribution in [2.45, 2.75) is 6.92 Å². The maximum absolute atomic E-state index is 10.7. The molecule has 13 heavy (non-hydrogen) atoms. The minimum absolute atomic E-state index is 0.153. The first-order valence-corrected chi connectivity index (χ1v) is 3.94. The maximum atomic E-state index is 10.7. The Morgan fingerprint density at radius 3 is 2.69 bits per heavy atom. The highest BCUT2D eigenvalue weighted by Crippen LogP contribution is 2.21. The molecular formula is C10H7ClO2. The predicted octanol–water partition coefficient (Wildman–Crippen LogP) is 2.33. The van der Waals surface area contributed by atoms with E-state index in [1.807, 2.05) is 0 Å². The van der Waals surface area contributed by atoms with E-state index >= 15 is 0 Å². The first kappa shape index (κ1) is 9.63. The van der Waals surface area contributed by atoms with Crippen molar-refractivity contribution in [3.05, 3.63) is 33.8 Å². The molecule has 0 spiro atoms. The van der Waals surface area contributed by atoms with Gasteiger partial charge in [0.25, 0.3) is 0 Å². The molecule has 0 saturated heterocycles. The van der Waals surface area contributed by atoms with E-state index < -0.39 is 5.97 Å². The summed E-state index contributed by atoms with van der Waals surface area (Å²) in [4.78, 5) is 10.7. The van der Waals surface area contributed by atoms with Crippen LogP contribution < -0.4 is 0 Å². The van der Waals surface area contributed by atoms with Gasteiger partial charge in [-0.15, -0.1) is 6.42 Å². The highest BCUT2D eigenvalue weighted by atomic mass is 35.5. The molecule has 0 aromatic heterocycles. The van der Waals surface area contributed by atoms with Crippen LogP contribution in [0, 0.1) is 19.3 Å². The van der Waals surface area contributed by atoms with Crippen molar-refractivity contribution in [2.24, 2.45) is 0 Å². The topological polar surface area (TPSA) is 37.3 Å². The number of rotatable bonds is 1. The quantitative estimate of drug-likeness (QED) is 0.697. The summed E-state index contributed by atoms with van der Waals surface area (Å²) in [6.45, 7) is 1.64. The third-order valence-corrected chi connectivity index (χ3v) is 2.13. The van der Waals surface area contributed by atoms with Gasteiger partial charge in [0.05, 0.1) is 5.56 Å². The van der Waals surface area contributed by atoms with Gasteiger partial charge in [0, 0.05) is 10.6 Å². The summed E-state index contributed by atoms with van der Waals surface area (Å²) >= 11 is 5.78.